The summed E-state index contributed by atoms with van der Waals surface area (Å²) in [5.41, 5.74) is 6.35. The maximum absolute atomic E-state index is 12.1. The number of carbonyl (C=O) groups excluding carboxylic acids is 2. The van der Waals surface area contributed by atoms with E-state index in [0.29, 0.717) is 12.8 Å². The molecular formula is C22H20N4O2. The number of aromatic amines is 1. The molecule has 0 radical (unpaired) electrons. The number of hydrogen-bond acceptors (Lipinski definition) is 3. The van der Waals surface area contributed by atoms with E-state index in [2.05, 4.69) is 15.5 Å². The standard InChI is InChI=1S/C22H20N4O2/c1-15(27)26-14-17(19-7-3-5-9-21(19)26)13-24-25-22(28)11-10-16-12-23-20-8-4-2-6-18(16)20/h2-9,12-14,23H,10-11H2,1H3,(H,25,28)/b24-13-. The number of nitrogens with one attached hydrogen (secondary N) is 2. The zero-order valence-electron chi connectivity index (χ0n) is 15.5. The Bertz CT molecular complexity index is 1200. The van der Waals surface area contributed by atoms with Gasteiger partial charge in [0.05, 0.1) is 11.7 Å². The van der Waals surface area contributed by atoms with Gasteiger partial charge in [-0.3, -0.25) is 14.2 Å². The Hall–Kier alpha value is -3.67. The van der Waals surface area contributed by atoms with E-state index in [9.17, 15) is 9.59 Å². The van der Waals surface area contributed by atoms with E-state index < -0.39 is 0 Å². The fourth-order valence-corrected chi connectivity index (χ4v) is 3.39. The molecule has 2 aromatic heterocycles. The normalized spacial score (nSPS) is 11.5. The highest BCUT2D eigenvalue weighted by atomic mass is 16.2. The molecule has 0 bridgehead atoms. The summed E-state index contributed by atoms with van der Waals surface area (Å²) in [7, 11) is 0. The first-order chi connectivity index (χ1) is 13.6. The van der Waals surface area contributed by atoms with Gasteiger partial charge in [-0.15, -0.1) is 0 Å². The van der Waals surface area contributed by atoms with Crippen LogP contribution >= 0.6 is 0 Å². The third kappa shape index (κ3) is 3.44. The van der Waals surface area contributed by atoms with Crippen LogP contribution in [0, 0.1) is 0 Å². The average molecular weight is 372 g/mol. The Labute approximate surface area is 161 Å². The number of nitrogens with zero attached hydrogens (tertiary/aromatic N) is 2. The zero-order chi connectivity index (χ0) is 19.5. The van der Waals surface area contributed by atoms with Crippen molar-refractivity contribution in [2.75, 3.05) is 0 Å². The van der Waals surface area contributed by atoms with E-state index in [1.165, 1.54) is 6.92 Å². The lowest BCUT2D eigenvalue weighted by atomic mass is 10.1. The van der Waals surface area contributed by atoms with Crippen LogP contribution in [0.5, 0.6) is 0 Å². The lowest BCUT2D eigenvalue weighted by molar-refractivity contribution is -0.121. The van der Waals surface area contributed by atoms with Gasteiger partial charge >= 0.3 is 0 Å². The number of fused-ring (bicyclic) bond motifs is 2. The Morgan fingerprint density at radius 1 is 1.11 bits per heavy atom. The van der Waals surface area contributed by atoms with Crippen LogP contribution in [0.1, 0.15) is 29.3 Å². The molecule has 0 saturated carbocycles. The van der Waals surface area contributed by atoms with Crippen molar-refractivity contribution in [3.8, 4) is 0 Å². The van der Waals surface area contributed by atoms with Gasteiger partial charge in [-0.05, 0) is 24.1 Å². The van der Waals surface area contributed by atoms with Crippen molar-refractivity contribution in [1.82, 2.24) is 15.0 Å². The maximum atomic E-state index is 12.1. The Kier molecular flexibility index (Phi) is 4.76. The van der Waals surface area contributed by atoms with Crippen molar-refractivity contribution < 1.29 is 9.59 Å². The molecule has 4 rings (SSSR count). The molecule has 2 N–H and O–H groups in total. The number of H-pyrrole nitrogens is 1. The molecule has 0 spiro atoms. The van der Waals surface area contributed by atoms with E-state index >= 15 is 0 Å². The van der Waals surface area contributed by atoms with Crippen molar-refractivity contribution in [1.29, 1.82) is 0 Å². The number of carbonyl (C=O) groups is 2. The summed E-state index contributed by atoms with van der Waals surface area (Å²) in [6, 6.07) is 15.6. The van der Waals surface area contributed by atoms with Crippen molar-refractivity contribution in [3.05, 3.63) is 72.1 Å². The molecule has 0 fully saturated rings. The predicted molar refractivity (Wildman–Crippen MR) is 111 cm³/mol. The number of para-hydroxylation sites is 2. The molecule has 0 aliphatic rings. The summed E-state index contributed by atoms with van der Waals surface area (Å²) < 4.78 is 1.58. The fraction of sp³-hybridized carbons (Fsp3) is 0.136. The zero-order valence-corrected chi connectivity index (χ0v) is 15.5. The second-order valence-corrected chi connectivity index (χ2v) is 6.64. The molecule has 4 aromatic rings. The van der Waals surface area contributed by atoms with Gasteiger partial charge in [0.15, 0.2) is 0 Å². The smallest absolute Gasteiger partial charge is 0.240 e. The van der Waals surface area contributed by atoms with Gasteiger partial charge in [0.25, 0.3) is 0 Å². The van der Waals surface area contributed by atoms with Crippen molar-refractivity contribution in [2.24, 2.45) is 5.10 Å². The van der Waals surface area contributed by atoms with Crippen LogP contribution < -0.4 is 5.43 Å². The monoisotopic (exact) mass is 372 g/mol. The minimum atomic E-state index is -0.156. The minimum Gasteiger partial charge on any atom is -0.361 e. The maximum Gasteiger partial charge on any atom is 0.240 e. The SMILES string of the molecule is CC(=O)n1cc(/C=N\NC(=O)CCc2c[nH]c3ccccc23)c2ccccc21. The van der Waals surface area contributed by atoms with Crippen LogP contribution in [0.15, 0.2) is 66.0 Å². The van der Waals surface area contributed by atoms with E-state index in [1.54, 1.807) is 17.0 Å². The number of amides is 1. The first kappa shape index (κ1) is 17.7. The Morgan fingerprint density at radius 2 is 1.86 bits per heavy atom. The van der Waals surface area contributed by atoms with Crippen molar-refractivity contribution in [2.45, 2.75) is 19.8 Å². The number of rotatable bonds is 5. The number of hydrogen-bond donors (Lipinski definition) is 2. The predicted octanol–water partition coefficient (Wildman–Crippen LogP) is 3.87. The molecule has 1 amide bonds. The van der Waals surface area contributed by atoms with Gasteiger partial charge in [-0.2, -0.15) is 5.10 Å². The first-order valence-electron chi connectivity index (χ1n) is 9.11. The minimum absolute atomic E-state index is 0.0707. The van der Waals surface area contributed by atoms with Crippen LogP contribution in [0.4, 0.5) is 0 Å². The van der Waals surface area contributed by atoms with Crippen molar-refractivity contribution in [3.63, 3.8) is 0 Å². The Morgan fingerprint density at radius 3 is 2.68 bits per heavy atom. The molecule has 140 valence electrons. The highest BCUT2D eigenvalue weighted by Crippen LogP contribution is 2.20. The van der Waals surface area contributed by atoms with Gasteiger partial charge in [0.1, 0.15) is 0 Å². The molecule has 2 heterocycles. The van der Waals surface area contributed by atoms with Crippen molar-refractivity contribution >= 4 is 39.8 Å². The summed E-state index contributed by atoms with van der Waals surface area (Å²) >= 11 is 0. The number of benzene rings is 2. The fourth-order valence-electron chi connectivity index (χ4n) is 3.39. The first-order valence-corrected chi connectivity index (χ1v) is 9.11. The number of aryl methyl sites for hydroxylation is 1. The molecule has 0 atom stereocenters. The summed E-state index contributed by atoms with van der Waals surface area (Å²) in [5, 5.41) is 6.12. The molecule has 0 saturated heterocycles. The lowest BCUT2D eigenvalue weighted by Crippen LogP contribution is -2.17. The van der Waals surface area contributed by atoms with Gasteiger partial charge in [-0.1, -0.05) is 36.4 Å². The van der Waals surface area contributed by atoms with Gasteiger partial charge < -0.3 is 4.98 Å². The van der Waals surface area contributed by atoms with E-state index in [4.69, 9.17) is 0 Å². The Balaban J connectivity index is 1.42. The topological polar surface area (TPSA) is 79.2 Å². The molecule has 0 aliphatic heterocycles. The second kappa shape index (κ2) is 7.52. The van der Waals surface area contributed by atoms with Gasteiger partial charge in [-0.25, -0.2) is 5.43 Å². The molecule has 2 aromatic carbocycles. The highest BCUT2D eigenvalue weighted by molar-refractivity contribution is 6.03. The summed E-state index contributed by atoms with van der Waals surface area (Å²) in [5.74, 6) is -0.226. The number of hydrazone groups is 1. The van der Waals surface area contributed by atoms with Crippen LogP contribution in [-0.4, -0.2) is 27.6 Å². The van der Waals surface area contributed by atoms with Crippen LogP contribution in [0.2, 0.25) is 0 Å². The second-order valence-electron chi connectivity index (χ2n) is 6.64. The molecular weight excluding hydrogens is 352 g/mol. The quantitative estimate of drug-likeness (QED) is 0.412. The lowest BCUT2D eigenvalue weighted by Gasteiger charge is -2.00. The molecule has 6 heteroatoms. The number of aromatic nitrogens is 2. The summed E-state index contributed by atoms with van der Waals surface area (Å²) in [4.78, 5) is 27.2. The van der Waals surface area contributed by atoms with Crippen LogP contribution in [0.3, 0.4) is 0 Å². The van der Waals surface area contributed by atoms with Gasteiger partial charge in [0.2, 0.25) is 11.8 Å². The third-order valence-electron chi connectivity index (χ3n) is 4.77. The van der Waals surface area contributed by atoms with Gasteiger partial charge in [0, 0.05) is 47.6 Å². The van der Waals surface area contributed by atoms with Crippen LogP contribution in [-0.2, 0) is 11.2 Å². The summed E-state index contributed by atoms with van der Waals surface area (Å²) in [6.07, 6.45) is 6.22. The molecule has 6 nitrogen and oxygen atoms in total. The van der Waals surface area contributed by atoms with Crippen LogP contribution in [0.25, 0.3) is 21.8 Å². The largest absolute Gasteiger partial charge is 0.361 e. The van der Waals surface area contributed by atoms with E-state index in [0.717, 1.165) is 32.9 Å². The van der Waals surface area contributed by atoms with E-state index in [1.807, 2.05) is 54.7 Å². The van der Waals surface area contributed by atoms with E-state index in [-0.39, 0.29) is 11.8 Å². The molecule has 28 heavy (non-hydrogen) atoms. The summed E-state index contributed by atoms with van der Waals surface area (Å²) in [6.45, 7) is 1.51. The average Bonchev–Trinajstić information content (AvgIpc) is 3.28. The molecule has 0 unspecified atom stereocenters. The molecule has 0 aliphatic carbocycles. The highest BCUT2D eigenvalue weighted by Gasteiger charge is 2.09. The third-order valence-corrected chi connectivity index (χ3v) is 4.77.